The van der Waals surface area contributed by atoms with Crippen molar-refractivity contribution in [2.45, 2.75) is 25.5 Å². The molecule has 1 aliphatic rings. The summed E-state index contributed by atoms with van der Waals surface area (Å²) in [5.41, 5.74) is 7.50. The molecule has 0 aromatic heterocycles. The number of benzene rings is 1. The fraction of sp³-hybridized carbons (Fsp3) is 0.333. The first-order chi connectivity index (χ1) is 9.74. The highest BCUT2D eigenvalue weighted by Gasteiger charge is 2.12. The lowest BCUT2D eigenvalue weighted by molar-refractivity contribution is 0.0227. The van der Waals surface area contributed by atoms with Crippen LogP contribution in [0.1, 0.15) is 35.2 Å². The van der Waals surface area contributed by atoms with Crippen LogP contribution in [-0.2, 0) is 4.74 Å². The van der Waals surface area contributed by atoms with E-state index in [-0.39, 0.29) is 6.23 Å². The van der Waals surface area contributed by atoms with E-state index >= 15 is 0 Å². The molecule has 2 rings (SSSR count). The average molecular weight is 293 g/mol. The van der Waals surface area contributed by atoms with Gasteiger partial charge in [-0.3, -0.25) is 9.79 Å². The number of nitrogens with two attached hydrogens (primary N) is 1. The molecule has 1 unspecified atom stereocenters. The number of carbonyl (C=O) groups is 1. The lowest BCUT2D eigenvalue weighted by Crippen LogP contribution is -2.16. The Morgan fingerprint density at radius 3 is 2.95 bits per heavy atom. The maximum atomic E-state index is 11.1. The molecule has 0 bridgehead atoms. The number of nitrogens with zero attached hydrogens (tertiary/aromatic N) is 1. The van der Waals surface area contributed by atoms with Crippen LogP contribution in [0.3, 0.4) is 0 Å². The molecule has 1 aromatic rings. The maximum absolute atomic E-state index is 11.1. The molecule has 4 nitrogen and oxygen atoms in total. The van der Waals surface area contributed by atoms with Gasteiger partial charge in [0.05, 0.1) is 0 Å². The summed E-state index contributed by atoms with van der Waals surface area (Å²) in [6.45, 7) is 0.737. The second kappa shape index (κ2) is 7.22. The Labute approximate surface area is 123 Å². The minimum absolute atomic E-state index is 0.127. The molecule has 0 spiro atoms. The Hall–Kier alpha value is -1.65. The summed E-state index contributed by atoms with van der Waals surface area (Å²) in [6.07, 6.45) is 6.82. The number of halogens is 1. The van der Waals surface area contributed by atoms with Gasteiger partial charge in [-0.05, 0) is 43.0 Å². The second-order valence-corrected chi connectivity index (χ2v) is 5.01. The standard InChI is InChI=1S/C15H17ClN2O2/c16-13-5-4-11(10-19)14(7-13)12(8-17)9-18-15-3-1-2-6-20-15/h4-5,7-10,15H,1-3,6,17H2/b12-8+,18-9+. The lowest BCUT2D eigenvalue weighted by atomic mass is 10.0. The van der Waals surface area contributed by atoms with Gasteiger partial charge in [-0.2, -0.15) is 0 Å². The van der Waals surface area contributed by atoms with Crippen LogP contribution in [0.5, 0.6) is 0 Å². The minimum atomic E-state index is -0.127. The highest BCUT2D eigenvalue weighted by molar-refractivity contribution is 6.31. The number of hydrogen-bond donors (Lipinski definition) is 1. The maximum Gasteiger partial charge on any atom is 0.150 e. The van der Waals surface area contributed by atoms with Gasteiger partial charge in [0.15, 0.2) is 6.29 Å². The Morgan fingerprint density at radius 1 is 1.45 bits per heavy atom. The summed E-state index contributed by atoms with van der Waals surface area (Å²) in [7, 11) is 0. The van der Waals surface area contributed by atoms with Crippen molar-refractivity contribution in [3.05, 3.63) is 40.5 Å². The number of allylic oxidation sites excluding steroid dienone is 1. The van der Waals surface area contributed by atoms with Crippen molar-refractivity contribution in [3.8, 4) is 0 Å². The van der Waals surface area contributed by atoms with Crippen LogP contribution in [0, 0.1) is 0 Å². The molecule has 1 aromatic carbocycles. The predicted octanol–water partition coefficient (Wildman–Crippen LogP) is 3.05. The largest absolute Gasteiger partial charge is 0.404 e. The van der Waals surface area contributed by atoms with E-state index in [0.29, 0.717) is 21.7 Å². The molecule has 106 valence electrons. The van der Waals surface area contributed by atoms with Crippen molar-refractivity contribution >= 4 is 29.7 Å². The van der Waals surface area contributed by atoms with E-state index in [1.54, 1.807) is 24.4 Å². The van der Waals surface area contributed by atoms with Crippen LogP contribution in [0.15, 0.2) is 29.4 Å². The minimum Gasteiger partial charge on any atom is -0.404 e. The van der Waals surface area contributed by atoms with Crippen LogP contribution >= 0.6 is 11.6 Å². The third-order valence-electron chi connectivity index (χ3n) is 3.17. The lowest BCUT2D eigenvalue weighted by Gasteiger charge is -2.18. The summed E-state index contributed by atoms with van der Waals surface area (Å²) in [4.78, 5) is 15.5. The summed E-state index contributed by atoms with van der Waals surface area (Å²) < 4.78 is 5.53. The number of hydrogen-bond acceptors (Lipinski definition) is 4. The van der Waals surface area contributed by atoms with Crippen molar-refractivity contribution in [1.82, 2.24) is 0 Å². The summed E-state index contributed by atoms with van der Waals surface area (Å²) in [6, 6.07) is 5.04. The molecular weight excluding hydrogens is 276 g/mol. The summed E-state index contributed by atoms with van der Waals surface area (Å²) >= 11 is 5.97. The molecule has 0 amide bonds. The summed E-state index contributed by atoms with van der Waals surface area (Å²) in [5, 5.41) is 0.548. The molecule has 0 radical (unpaired) electrons. The van der Waals surface area contributed by atoms with Gasteiger partial charge in [0.1, 0.15) is 6.23 Å². The van der Waals surface area contributed by atoms with Crippen LogP contribution in [0.25, 0.3) is 5.57 Å². The van der Waals surface area contributed by atoms with E-state index in [1.807, 2.05) is 0 Å². The quantitative estimate of drug-likeness (QED) is 0.685. The van der Waals surface area contributed by atoms with Gasteiger partial charge in [-0.1, -0.05) is 11.6 Å². The zero-order chi connectivity index (χ0) is 14.4. The molecule has 0 saturated carbocycles. The first-order valence-corrected chi connectivity index (χ1v) is 6.94. The third kappa shape index (κ3) is 3.68. The Bertz CT molecular complexity index is 535. The zero-order valence-electron chi connectivity index (χ0n) is 11.1. The van der Waals surface area contributed by atoms with Crippen molar-refractivity contribution in [2.75, 3.05) is 6.61 Å². The van der Waals surface area contributed by atoms with Gasteiger partial charge < -0.3 is 10.5 Å². The second-order valence-electron chi connectivity index (χ2n) is 4.57. The first-order valence-electron chi connectivity index (χ1n) is 6.56. The fourth-order valence-electron chi connectivity index (χ4n) is 2.09. The third-order valence-corrected chi connectivity index (χ3v) is 3.40. The van der Waals surface area contributed by atoms with E-state index < -0.39 is 0 Å². The Morgan fingerprint density at radius 2 is 2.30 bits per heavy atom. The van der Waals surface area contributed by atoms with E-state index in [9.17, 15) is 4.79 Å². The number of aldehydes is 1. The van der Waals surface area contributed by atoms with Crippen LogP contribution < -0.4 is 5.73 Å². The topological polar surface area (TPSA) is 64.7 Å². The number of rotatable bonds is 4. The molecule has 1 heterocycles. The van der Waals surface area contributed by atoms with Crippen molar-refractivity contribution in [3.63, 3.8) is 0 Å². The fourth-order valence-corrected chi connectivity index (χ4v) is 2.26. The molecule has 1 atom stereocenters. The number of aliphatic imine (C=N–C) groups is 1. The normalized spacial score (nSPS) is 20.2. The van der Waals surface area contributed by atoms with Gasteiger partial charge in [0.25, 0.3) is 0 Å². The number of ether oxygens (including phenoxy) is 1. The average Bonchev–Trinajstić information content (AvgIpc) is 2.49. The SMILES string of the molecule is N/C=C(\C=N\C1CCCCO1)c1cc(Cl)ccc1C=O. The van der Waals surface area contributed by atoms with E-state index in [4.69, 9.17) is 22.1 Å². The van der Waals surface area contributed by atoms with Crippen molar-refractivity contribution in [1.29, 1.82) is 0 Å². The van der Waals surface area contributed by atoms with Crippen LogP contribution in [-0.4, -0.2) is 25.3 Å². The number of carbonyl (C=O) groups excluding carboxylic acids is 1. The van der Waals surface area contributed by atoms with Gasteiger partial charge in [-0.15, -0.1) is 0 Å². The molecule has 20 heavy (non-hydrogen) atoms. The molecule has 5 heteroatoms. The van der Waals surface area contributed by atoms with Gasteiger partial charge in [0, 0.05) is 35.2 Å². The van der Waals surface area contributed by atoms with Crippen LogP contribution in [0.4, 0.5) is 0 Å². The summed E-state index contributed by atoms with van der Waals surface area (Å²) in [5.74, 6) is 0. The molecular formula is C15H17ClN2O2. The highest BCUT2D eigenvalue weighted by atomic mass is 35.5. The first kappa shape index (κ1) is 14.8. The molecule has 1 saturated heterocycles. The van der Waals surface area contributed by atoms with E-state index in [0.717, 1.165) is 32.2 Å². The smallest absolute Gasteiger partial charge is 0.150 e. The van der Waals surface area contributed by atoms with E-state index in [1.165, 1.54) is 6.20 Å². The zero-order valence-corrected chi connectivity index (χ0v) is 11.8. The van der Waals surface area contributed by atoms with Crippen molar-refractivity contribution in [2.24, 2.45) is 10.7 Å². The Balaban J connectivity index is 2.22. The van der Waals surface area contributed by atoms with Gasteiger partial charge >= 0.3 is 0 Å². The van der Waals surface area contributed by atoms with Crippen LogP contribution in [0.2, 0.25) is 5.02 Å². The highest BCUT2D eigenvalue weighted by Crippen LogP contribution is 2.22. The van der Waals surface area contributed by atoms with Gasteiger partial charge in [-0.25, -0.2) is 0 Å². The molecule has 1 fully saturated rings. The molecule has 1 aliphatic heterocycles. The van der Waals surface area contributed by atoms with Gasteiger partial charge in [0.2, 0.25) is 0 Å². The monoisotopic (exact) mass is 292 g/mol. The molecule has 2 N–H and O–H groups in total. The van der Waals surface area contributed by atoms with E-state index in [2.05, 4.69) is 4.99 Å². The van der Waals surface area contributed by atoms with Crippen molar-refractivity contribution < 1.29 is 9.53 Å². The Kier molecular flexibility index (Phi) is 5.32. The predicted molar refractivity (Wildman–Crippen MR) is 81.1 cm³/mol. The molecule has 0 aliphatic carbocycles.